The lowest BCUT2D eigenvalue weighted by Crippen LogP contribution is -2.48. The number of aromatic nitrogens is 1. The Morgan fingerprint density at radius 2 is 1.79 bits per heavy atom. The van der Waals surface area contributed by atoms with Gasteiger partial charge in [-0.1, -0.05) is 42.5 Å². The number of carboxylic acid groups (broad SMARTS) is 1. The van der Waals surface area contributed by atoms with Gasteiger partial charge in [-0.3, -0.25) is 15.0 Å². The lowest BCUT2D eigenvalue weighted by Gasteiger charge is -2.20. The van der Waals surface area contributed by atoms with Crippen LogP contribution in [0.15, 0.2) is 60.8 Å². The average molecular weight is 464 g/mol. The fourth-order valence-corrected chi connectivity index (χ4v) is 3.61. The normalized spacial score (nSPS) is 11.4. The van der Waals surface area contributed by atoms with E-state index in [9.17, 15) is 19.5 Å². The number of hydrogen-bond acceptors (Lipinski definition) is 5. The number of rotatable bonds is 10. The summed E-state index contributed by atoms with van der Waals surface area (Å²) in [4.78, 5) is 40.0. The highest BCUT2D eigenvalue weighted by atomic mass is 16.4. The number of unbranched alkanes of at least 4 members (excludes halogenated alkanes) is 1. The van der Waals surface area contributed by atoms with E-state index in [2.05, 4.69) is 26.5 Å². The molecule has 178 valence electrons. The SMILES string of the molecule is Cc1ccnc(NCCCCC(=O)NNC(=O)NC(CC(=O)O)c2cccc3ccccc23)c1. The van der Waals surface area contributed by atoms with Gasteiger partial charge in [-0.2, -0.15) is 0 Å². The Balaban J connectivity index is 1.44. The van der Waals surface area contributed by atoms with Gasteiger partial charge in [-0.15, -0.1) is 0 Å². The number of carbonyl (C=O) groups is 3. The maximum atomic E-state index is 12.4. The van der Waals surface area contributed by atoms with Gasteiger partial charge in [-0.05, 0) is 53.8 Å². The summed E-state index contributed by atoms with van der Waals surface area (Å²) in [5.74, 6) is -0.578. The molecule has 0 aliphatic rings. The minimum Gasteiger partial charge on any atom is -0.481 e. The van der Waals surface area contributed by atoms with E-state index in [1.165, 1.54) is 0 Å². The molecule has 5 N–H and O–H groups in total. The molecular weight excluding hydrogens is 434 g/mol. The van der Waals surface area contributed by atoms with Crippen LogP contribution in [0.3, 0.4) is 0 Å². The number of carboxylic acids is 1. The maximum absolute atomic E-state index is 12.4. The molecule has 3 amide bonds. The van der Waals surface area contributed by atoms with Crippen LogP contribution in [-0.4, -0.2) is 34.5 Å². The first-order valence-electron chi connectivity index (χ1n) is 11.1. The third kappa shape index (κ3) is 7.47. The van der Waals surface area contributed by atoms with Gasteiger partial charge in [0, 0.05) is 19.2 Å². The predicted molar refractivity (Wildman–Crippen MR) is 130 cm³/mol. The van der Waals surface area contributed by atoms with E-state index >= 15 is 0 Å². The topological polar surface area (TPSA) is 132 Å². The van der Waals surface area contributed by atoms with Gasteiger partial charge < -0.3 is 15.7 Å². The van der Waals surface area contributed by atoms with Crippen molar-refractivity contribution in [2.24, 2.45) is 0 Å². The number of benzene rings is 2. The van der Waals surface area contributed by atoms with Crippen LogP contribution in [0.2, 0.25) is 0 Å². The van der Waals surface area contributed by atoms with Crippen LogP contribution < -0.4 is 21.5 Å². The predicted octanol–water partition coefficient (Wildman–Crippen LogP) is 3.67. The summed E-state index contributed by atoms with van der Waals surface area (Å²) in [7, 11) is 0. The molecule has 0 radical (unpaired) electrons. The second kappa shape index (κ2) is 12.2. The van der Waals surface area contributed by atoms with Crippen molar-refractivity contribution in [1.29, 1.82) is 0 Å². The highest BCUT2D eigenvalue weighted by Crippen LogP contribution is 2.26. The Labute approximate surface area is 197 Å². The summed E-state index contributed by atoms with van der Waals surface area (Å²) in [5, 5.41) is 17.0. The van der Waals surface area contributed by atoms with Crippen molar-refractivity contribution in [3.05, 3.63) is 71.9 Å². The molecule has 3 rings (SSSR count). The quantitative estimate of drug-likeness (QED) is 0.230. The smallest absolute Gasteiger partial charge is 0.333 e. The second-order valence-electron chi connectivity index (χ2n) is 7.97. The molecule has 1 aromatic heterocycles. The van der Waals surface area contributed by atoms with Gasteiger partial charge in [0.25, 0.3) is 0 Å². The summed E-state index contributed by atoms with van der Waals surface area (Å²) in [6.07, 6.45) is 3.08. The number of pyridine rings is 1. The minimum atomic E-state index is -1.04. The van der Waals surface area contributed by atoms with Crippen molar-refractivity contribution < 1.29 is 19.5 Å². The van der Waals surface area contributed by atoms with Gasteiger partial charge in [0.15, 0.2) is 0 Å². The van der Waals surface area contributed by atoms with Crippen LogP contribution in [0, 0.1) is 6.92 Å². The zero-order chi connectivity index (χ0) is 24.3. The fraction of sp³-hybridized carbons (Fsp3) is 0.280. The molecule has 3 aromatic rings. The molecule has 34 heavy (non-hydrogen) atoms. The largest absolute Gasteiger partial charge is 0.481 e. The first-order valence-corrected chi connectivity index (χ1v) is 11.1. The number of anilines is 1. The van der Waals surface area contributed by atoms with Crippen LogP contribution in [-0.2, 0) is 9.59 Å². The minimum absolute atomic E-state index is 0.241. The van der Waals surface area contributed by atoms with E-state index in [4.69, 9.17) is 0 Å². The van der Waals surface area contributed by atoms with Crippen molar-refractivity contribution in [1.82, 2.24) is 21.2 Å². The van der Waals surface area contributed by atoms with Crippen molar-refractivity contribution >= 4 is 34.5 Å². The highest BCUT2D eigenvalue weighted by Gasteiger charge is 2.20. The van der Waals surface area contributed by atoms with Gasteiger partial charge in [0.05, 0.1) is 12.5 Å². The highest BCUT2D eigenvalue weighted by molar-refractivity contribution is 5.88. The molecular formula is C25H29N5O4. The number of carbonyl (C=O) groups excluding carboxylic acids is 2. The summed E-state index contributed by atoms with van der Waals surface area (Å²) in [6, 6.07) is 15.5. The molecule has 0 saturated heterocycles. The third-order valence-corrected chi connectivity index (χ3v) is 5.25. The number of amides is 3. The number of hydrazine groups is 1. The third-order valence-electron chi connectivity index (χ3n) is 5.25. The monoisotopic (exact) mass is 463 g/mol. The Hall–Kier alpha value is -4.14. The van der Waals surface area contributed by atoms with Crippen molar-refractivity contribution in [2.75, 3.05) is 11.9 Å². The number of hydrogen-bond donors (Lipinski definition) is 5. The number of urea groups is 1. The van der Waals surface area contributed by atoms with E-state index in [1.54, 1.807) is 12.3 Å². The molecule has 0 fully saturated rings. The zero-order valence-corrected chi connectivity index (χ0v) is 19.0. The van der Waals surface area contributed by atoms with E-state index in [0.29, 0.717) is 18.5 Å². The lowest BCUT2D eigenvalue weighted by molar-refractivity contribution is -0.137. The van der Waals surface area contributed by atoms with E-state index in [0.717, 1.165) is 28.6 Å². The van der Waals surface area contributed by atoms with Crippen LogP contribution in [0.25, 0.3) is 10.8 Å². The Bertz CT molecular complexity index is 1150. The van der Waals surface area contributed by atoms with Crippen molar-refractivity contribution in [2.45, 2.75) is 38.6 Å². The van der Waals surface area contributed by atoms with Crippen LogP contribution in [0.1, 0.15) is 42.9 Å². The average Bonchev–Trinajstić information content (AvgIpc) is 2.81. The first-order chi connectivity index (χ1) is 16.4. The molecule has 0 saturated carbocycles. The molecule has 2 aromatic carbocycles. The summed E-state index contributed by atoms with van der Waals surface area (Å²) < 4.78 is 0. The maximum Gasteiger partial charge on any atom is 0.333 e. The molecule has 1 heterocycles. The summed E-state index contributed by atoms with van der Waals surface area (Å²) >= 11 is 0. The van der Waals surface area contributed by atoms with Gasteiger partial charge >= 0.3 is 12.0 Å². The van der Waals surface area contributed by atoms with E-state index < -0.39 is 18.0 Å². The van der Waals surface area contributed by atoms with E-state index in [-0.39, 0.29) is 18.7 Å². The van der Waals surface area contributed by atoms with Crippen molar-refractivity contribution in [3.63, 3.8) is 0 Å². The standard InChI is InChI=1S/C25H29N5O4/c1-17-12-14-27-22(15-17)26-13-5-4-11-23(31)29-30-25(34)28-21(16-24(32)33)20-10-6-8-18-7-2-3-9-19(18)20/h2-3,6-10,12,14-15,21H,4-5,11,13,16H2,1H3,(H,26,27)(H,29,31)(H,32,33)(H2,28,30,34). The Morgan fingerprint density at radius 1 is 1.00 bits per heavy atom. The number of nitrogens with one attached hydrogen (secondary N) is 4. The van der Waals surface area contributed by atoms with Gasteiger partial charge in [0.2, 0.25) is 5.91 Å². The van der Waals surface area contributed by atoms with Gasteiger partial charge in [0.1, 0.15) is 5.82 Å². The second-order valence-corrected chi connectivity index (χ2v) is 7.97. The molecule has 0 aliphatic heterocycles. The molecule has 0 spiro atoms. The van der Waals surface area contributed by atoms with Crippen LogP contribution in [0.4, 0.5) is 10.6 Å². The van der Waals surface area contributed by atoms with Crippen molar-refractivity contribution in [3.8, 4) is 0 Å². The van der Waals surface area contributed by atoms with Gasteiger partial charge in [-0.25, -0.2) is 15.2 Å². The summed E-state index contributed by atoms with van der Waals surface area (Å²) in [5.41, 5.74) is 6.48. The van der Waals surface area contributed by atoms with Crippen LogP contribution in [0.5, 0.6) is 0 Å². The molecule has 1 unspecified atom stereocenters. The lowest BCUT2D eigenvalue weighted by atomic mass is 9.97. The fourth-order valence-electron chi connectivity index (χ4n) is 3.61. The molecule has 9 heteroatoms. The summed E-state index contributed by atoms with van der Waals surface area (Å²) in [6.45, 7) is 2.67. The molecule has 9 nitrogen and oxygen atoms in total. The number of fused-ring (bicyclic) bond motifs is 1. The Morgan fingerprint density at radius 3 is 2.59 bits per heavy atom. The van der Waals surface area contributed by atoms with Crippen LogP contribution >= 0.6 is 0 Å². The molecule has 0 aliphatic carbocycles. The van der Waals surface area contributed by atoms with E-state index in [1.807, 2.05) is 55.5 Å². The first kappa shape index (κ1) is 24.5. The number of aliphatic carboxylic acids is 1. The molecule has 1 atom stereocenters. The zero-order valence-electron chi connectivity index (χ0n) is 19.0. The Kier molecular flexibility index (Phi) is 8.79. The molecule has 0 bridgehead atoms. The number of nitrogens with zero attached hydrogens (tertiary/aromatic N) is 1. The number of aryl methyl sites for hydroxylation is 1.